The van der Waals surface area contributed by atoms with E-state index >= 15 is 0 Å². The summed E-state index contributed by atoms with van der Waals surface area (Å²) in [5, 5.41) is 8.67. The Kier molecular flexibility index (Phi) is 3.83. The van der Waals surface area contributed by atoms with Crippen molar-refractivity contribution in [1.82, 2.24) is 29.5 Å². The number of rotatable bonds is 5. The lowest BCUT2D eigenvalue weighted by molar-refractivity contribution is 0.457. The first-order chi connectivity index (χ1) is 12.1. The summed E-state index contributed by atoms with van der Waals surface area (Å²) in [6, 6.07) is 2.08. The van der Waals surface area contributed by atoms with Crippen molar-refractivity contribution in [2.24, 2.45) is 20.0 Å². The molecule has 7 nitrogen and oxygen atoms in total. The van der Waals surface area contributed by atoms with Gasteiger partial charge in [-0.2, -0.15) is 15.2 Å². The lowest BCUT2D eigenvalue weighted by atomic mass is 10.2. The Morgan fingerprint density at radius 2 is 2.12 bits per heavy atom. The molecule has 1 unspecified atom stereocenters. The van der Waals surface area contributed by atoms with Gasteiger partial charge < -0.3 is 4.74 Å². The number of aryl methyl sites for hydroxylation is 3. The molecule has 1 fully saturated rings. The number of nitrogens with zero attached hydrogens (tertiary/aromatic N) is 6. The maximum atomic E-state index is 5.83. The topological polar surface area (TPSA) is 70.7 Å². The molecule has 0 saturated heterocycles. The van der Waals surface area contributed by atoms with Gasteiger partial charge in [-0.1, -0.05) is 0 Å². The molecule has 0 spiro atoms. The van der Waals surface area contributed by atoms with Crippen LogP contribution < -0.4 is 4.74 Å². The van der Waals surface area contributed by atoms with Gasteiger partial charge in [-0.25, -0.2) is 4.98 Å². The molecule has 0 amide bonds. The molecule has 0 bridgehead atoms. The van der Waals surface area contributed by atoms with Crippen molar-refractivity contribution in [3.05, 3.63) is 54.7 Å². The monoisotopic (exact) mass is 336 g/mol. The van der Waals surface area contributed by atoms with E-state index in [4.69, 9.17) is 4.74 Å². The minimum absolute atomic E-state index is 0.472. The van der Waals surface area contributed by atoms with Gasteiger partial charge in [0.25, 0.3) is 0 Å². The number of hydrogen-bond donors (Lipinski definition) is 0. The van der Waals surface area contributed by atoms with Crippen molar-refractivity contribution in [2.45, 2.75) is 19.3 Å². The number of hydrogen-bond acceptors (Lipinski definition) is 5. The quantitative estimate of drug-likeness (QED) is 0.670. The van der Waals surface area contributed by atoms with Gasteiger partial charge in [0.2, 0.25) is 5.88 Å². The fraction of sp³-hybridized carbons (Fsp3) is 0.333. The van der Waals surface area contributed by atoms with Gasteiger partial charge >= 0.3 is 0 Å². The van der Waals surface area contributed by atoms with Gasteiger partial charge in [0.1, 0.15) is 5.82 Å². The molecule has 3 aromatic heterocycles. The molecule has 3 heterocycles. The van der Waals surface area contributed by atoms with Crippen LogP contribution in [-0.4, -0.2) is 29.5 Å². The van der Waals surface area contributed by atoms with Crippen LogP contribution in [0.5, 0.6) is 5.88 Å². The van der Waals surface area contributed by atoms with Gasteiger partial charge in [-0.15, -0.1) is 0 Å². The third-order valence-corrected chi connectivity index (χ3v) is 4.35. The zero-order chi connectivity index (χ0) is 17.4. The van der Waals surface area contributed by atoms with Crippen LogP contribution in [-0.2, 0) is 14.1 Å². The van der Waals surface area contributed by atoms with Gasteiger partial charge in [-0.3, -0.25) is 9.36 Å². The Balaban J connectivity index is 1.47. The summed E-state index contributed by atoms with van der Waals surface area (Å²) in [6.07, 6.45) is 12.4. The molecular weight excluding hydrogens is 316 g/mol. The van der Waals surface area contributed by atoms with E-state index in [1.165, 1.54) is 0 Å². The first kappa shape index (κ1) is 15.6. The minimum atomic E-state index is 0.472. The Morgan fingerprint density at radius 3 is 2.84 bits per heavy atom. The largest absolute Gasteiger partial charge is 0.446 e. The lowest BCUT2D eigenvalue weighted by Crippen LogP contribution is -1.96. The Bertz CT molecular complexity index is 925. The van der Waals surface area contributed by atoms with E-state index in [2.05, 4.69) is 32.3 Å². The van der Waals surface area contributed by atoms with Gasteiger partial charge in [0, 0.05) is 44.2 Å². The van der Waals surface area contributed by atoms with Crippen molar-refractivity contribution in [1.29, 1.82) is 0 Å². The first-order valence-corrected chi connectivity index (χ1v) is 8.25. The third-order valence-electron chi connectivity index (χ3n) is 4.35. The molecule has 1 saturated carbocycles. The molecule has 3 aromatic rings. The fourth-order valence-electron chi connectivity index (χ4n) is 2.90. The van der Waals surface area contributed by atoms with Gasteiger partial charge in [0.05, 0.1) is 23.7 Å². The summed E-state index contributed by atoms with van der Waals surface area (Å²) >= 11 is 0. The number of allylic oxidation sites excluding steroid dienone is 1. The van der Waals surface area contributed by atoms with Crippen LogP contribution >= 0.6 is 0 Å². The first-order valence-electron chi connectivity index (χ1n) is 8.25. The molecule has 25 heavy (non-hydrogen) atoms. The summed E-state index contributed by atoms with van der Waals surface area (Å²) < 4.78 is 9.42. The molecule has 0 N–H and O–H groups in total. The SMILES string of the molecule is Cc1ncc(-c2cnn(C)c2)c(O/C=C/C2C[C@@H]2c2ccn(C)n2)n1. The highest BCUT2D eigenvalue weighted by Crippen LogP contribution is 2.47. The Morgan fingerprint density at radius 1 is 1.24 bits per heavy atom. The second kappa shape index (κ2) is 6.16. The lowest BCUT2D eigenvalue weighted by Gasteiger charge is -2.06. The van der Waals surface area contributed by atoms with Crippen LogP contribution in [0.2, 0.25) is 0 Å². The van der Waals surface area contributed by atoms with E-state index in [1.54, 1.807) is 23.3 Å². The van der Waals surface area contributed by atoms with Crippen LogP contribution in [0.4, 0.5) is 0 Å². The molecule has 4 rings (SSSR count). The Labute approximate surface area is 146 Å². The summed E-state index contributed by atoms with van der Waals surface area (Å²) in [7, 11) is 3.82. The second-order valence-corrected chi connectivity index (χ2v) is 6.41. The average molecular weight is 336 g/mol. The molecule has 0 aliphatic heterocycles. The second-order valence-electron chi connectivity index (χ2n) is 6.41. The normalized spacial score (nSPS) is 19.5. The molecular formula is C18H20N6O. The standard InChI is InChI=1S/C18H20N6O/c1-12-19-10-16(14-9-20-24(3)11-14)18(21-12)25-7-5-13-8-15(13)17-4-6-23(2)22-17/h4-7,9-11,13,15H,8H2,1-3H3/b7-5+/t13?,15-/m0/s1. The van der Waals surface area contributed by atoms with Crippen molar-refractivity contribution in [2.75, 3.05) is 0 Å². The number of aromatic nitrogens is 6. The molecule has 7 heteroatoms. The summed E-state index contributed by atoms with van der Waals surface area (Å²) in [5.41, 5.74) is 2.91. The van der Waals surface area contributed by atoms with E-state index in [1.807, 2.05) is 38.1 Å². The molecule has 2 atom stereocenters. The predicted octanol–water partition coefficient (Wildman–Crippen LogP) is 2.62. The molecule has 0 aromatic carbocycles. The highest BCUT2D eigenvalue weighted by Gasteiger charge is 2.38. The molecule has 1 aliphatic carbocycles. The van der Waals surface area contributed by atoms with E-state index < -0.39 is 0 Å². The van der Waals surface area contributed by atoms with Crippen LogP contribution in [0, 0.1) is 12.8 Å². The maximum Gasteiger partial charge on any atom is 0.229 e. The van der Waals surface area contributed by atoms with Gasteiger partial charge in [-0.05, 0) is 31.4 Å². The van der Waals surface area contributed by atoms with Crippen LogP contribution in [0.1, 0.15) is 23.9 Å². The highest BCUT2D eigenvalue weighted by atomic mass is 16.5. The smallest absolute Gasteiger partial charge is 0.229 e. The average Bonchev–Trinajstić information content (AvgIpc) is 2.99. The Hall–Kier alpha value is -2.96. The number of ether oxygens (including phenoxy) is 1. The van der Waals surface area contributed by atoms with E-state index in [0.29, 0.717) is 23.5 Å². The summed E-state index contributed by atoms with van der Waals surface area (Å²) in [4.78, 5) is 8.69. The van der Waals surface area contributed by atoms with Crippen molar-refractivity contribution in [3.63, 3.8) is 0 Å². The maximum absolute atomic E-state index is 5.83. The third kappa shape index (κ3) is 3.31. The minimum Gasteiger partial charge on any atom is -0.446 e. The van der Waals surface area contributed by atoms with E-state index in [0.717, 1.165) is 23.2 Å². The fourth-order valence-corrected chi connectivity index (χ4v) is 2.90. The summed E-state index contributed by atoms with van der Waals surface area (Å²) in [5.74, 6) is 2.19. The van der Waals surface area contributed by atoms with Gasteiger partial charge in [0.15, 0.2) is 0 Å². The molecule has 1 aliphatic rings. The van der Waals surface area contributed by atoms with Crippen molar-refractivity contribution >= 4 is 0 Å². The van der Waals surface area contributed by atoms with Crippen molar-refractivity contribution < 1.29 is 4.74 Å². The molecule has 0 radical (unpaired) electrons. The van der Waals surface area contributed by atoms with E-state index in [-0.39, 0.29) is 0 Å². The molecule has 128 valence electrons. The summed E-state index contributed by atoms with van der Waals surface area (Å²) in [6.45, 7) is 1.85. The van der Waals surface area contributed by atoms with Crippen LogP contribution in [0.3, 0.4) is 0 Å². The zero-order valence-electron chi connectivity index (χ0n) is 14.5. The van der Waals surface area contributed by atoms with Crippen LogP contribution in [0.15, 0.2) is 43.2 Å². The van der Waals surface area contributed by atoms with Crippen LogP contribution in [0.25, 0.3) is 11.1 Å². The zero-order valence-corrected chi connectivity index (χ0v) is 14.5. The van der Waals surface area contributed by atoms with Crippen molar-refractivity contribution in [3.8, 4) is 17.0 Å². The van der Waals surface area contributed by atoms with E-state index in [9.17, 15) is 0 Å². The highest BCUT2D eigenvalue weighted by molar-refractivity contribution is 5.66. The predicted molar refractivity (Wildman–Crippen MR) is 92.8 cm³/mol.